The first-order valence-electron chi connectivity index (χ1n) is 6.02. The van der Waals surface area contributed by atoms with Crippen LogP contribution < -0.4 is 0 Å². The molecule has 2 bridgehead atoms. The third-order valence-corrected chi connectivity index (χ3v) is 5.27. The Morgan fingerprint density at radius 3 is 2.40 bits per heavy atom. The van der Waals surface area contributed by atoms with Crippen LogP contribution in [0.4, 0.5) is 0 Å². The van der Waals surface area contributed by atoms with Gasteiger partial charge in [0.05, 0.1) is 5.92 Å². The maximum Gasteiger partial charge on any atom is 0.306 e. The van der Waals surface area contributed by atoms with Crippen molar-refractivity contribution in [3.05, 3.63) is 0 Å². The fourth-order valence-electron chi connectivity index (χ4n) is 4.73. The Morgan fingerprint density at radius 2 is 2.00 bits per heavy atom. The molecule has 0 saturated heterocycles. The number of fused-ring (bicyclic) bond motifs is 2. The molecule has 86 valence electrons. The summed E-state index contributed by atoms with van der Waals surface area (Å²) in [4.78, 5) is 11.2. The number of aliphatic carboxylic acids is 1. The molecule has 4 atom stereocenters. The van der Waals surface area contributed by atoms with Crippen molar-refractivity contribution >= 4 is 5.97 Å². The highest BCUT2D eigenvalue weighted by atomic mass is 16.4. The number of hydrogen-bond donors (Lipinski definition) is 1. The predicted molar refractivity (Wildman–Crippen MR) is 59.5 cm³/mol. The quantitative estimate of drug-likeness (QED) is 0.760. The molecule has 2 heteroatoms. The van der Waals surface area contributed by atoms with Crippen molar-refractivity contribution in [2.24, 2.45) is 28.6 Å². The molecule has 0 aromatic carbocycles. The molecule has 15 heavy (non-hydrogen) atoms. The minimum atomic E-state index is -0.623. The van der Waals surface area contributed by atoms with E-state index < -0.39 is 5.97 Å². The van der Waals surface area contributed by atoms with Gasteiger partial charge in [0.2, 0.25) is 0 Å². The Kier molecular flexibility index (Phi) is 2.19. The highest BCUT2D eigenvalue weighted by Gasteiger charge is 2.61. The van der Waals surface area contributed by atoms with Crippen LogP contribution in [-0.4, -0.2) is 11.1 Å². The molecule has 2 nitrogen and oxygen atoms in total. The Morgan fingerprint density at radius 1 is 1.40 bits per heavy atom. The summed E-state index contributed by atoms with van der Waals surface area (Å²) in [7, 11) is 0. The van der Waals surface area contributed by atoms with Gasteiger partial charge in [-0.2, -0.15) is 0 Å². The molecule has 4 unspecified atom stereocenters. The van der Waals surface area contributed by atoms with Gasteiger partial charge in [-0.3, -0.25) is 4.79 Å². The fraction of sp³-hybridized carbons (Fsp3) is 0.923. The van der Waals surface area contributed by atoms with Crippen LogP contribution in [0.3, 0.4) is 0 Å². The van der Waals surface area contributed by atoms with Crippen molar-refractivity contribution in [2.45, 2.75) is 47.0 Å². The first kappa shape index (κ1) is 11.0. The van der Waals surface area contributed by atoms with E-state index >= 15 is 0 Å². The highest BCUT2D eigenvalue weighted by Crippen LogP contribution is 2.67. The first-order valence-corrected chi connectivity index (χ1v) is 6.02. The minimum absolute atomic E-state index is 0.199. The molecule has 0 heterocycles. The summed E-state index contributed by atoms with van der Waals surface area (Å²) in [6.45, 7) is 8.73. The summed E-state index contributed by atoms with van der Waals surface area (Å²) in [5.74, 6) is 0.271. The first-order chi connectivity index (χ1) is 6.79. The largest absolute Gasteiger partial charge is 0.481 e. The van der Waals surface area contributed by atoms with Crippen LogP contribution in [0.2, 0.25) is 0 Å². The number of carboxylic acids is 1. The van der Waals surface area contributed by atoms with Gasteiger partial charge in [0.25, 0.3) is 0 Å². The Labute approximate surface area is 92.1 Å². The van der Waals surface area contributed by atoms with Gasteiger partial charge in [-0.05, 0) is 41.9 Å². The van der Waals surface area contributed by atoms with E-state index in [4.69, 9.17) is 0 Å². The van der Waals surface area contributed by atoms with E-state index in [1.165, 1.54) is 19.3 Å². The number of carbonyl (C=O) groups is 1. The minimum Gasteiger partial charge on any atom is -0.481 e. The molecule has 0 spiro atoms. The van der Waals surface area contributed by atoms with Crippen LogP contribution in [-0.2, 0) is 4.79 Å². The van der Waals surface area contributed by atoms with Crippen molar-refractivity contribution in [3.8, 4) is 0 Å². The molecular weight excluding hydrogens is 188 g/mol. The summed E-state index contributed by atoms with van der Waals surface area (Å²) in [6, 6.07) is 0. The van der Waals surface area contributed by atoms with Crippen molar-refractivity contribution in [1.29, 1.82) is 0 Å². The zero-order chi connectivity index (χ0) is 11.4. The maximum absolute atomic E-state index is 11.2. The maximum atomic E-state index is 11.2. The molecule has 0 radical (unpaired) electrons. The second-order valence-corrected chi connectivity index (χ2v) is 6.52. The molecule has 2 aliphatic rings. The molecule has 1 N–H and O–H groups in total. The van der Waals surface area contributed by atoms with E-state index in [1.807, 2.05) is 6.92 Å². The standard InChI is InChI=1S/C13H22O2/c1-8(11(14)15)10-12(2,3)9-5-6-13(10,4)7-9/h8-10H,5-7H2,1-4H3,(H,14,15). The number of rotatable bonds is 2. The van der Waals surface area contributed by atoms with Crippen molar-refractivity contribution in [2.75, 3.05) is 0 Å². The van der Waals surface area contributed by atoms with Crippen LogP contribution >= 0.6 is 0 Å². The van der Waals surface area contributed by atoms with Crippen LogP contribution in [0.15, 0.2) is 0 Å². The van der Waals surface area contributed by atoms with Crippen molar-refractivity contribution in [3.63, 3.8) is 0 Å². The zero-order valence-electron chi connectivity index (χ0n) is 10.2. The second kappa shape index (κ2) is 2.99. The molecular formula is C13H22O2. The lowest BCUT2D eigenvalue weighted by atomic mass is 9.59. The topological polar surface area (TPSA) is 37.3 Å². The van der Waals surface area contributed by atoms with Gasteiger partial charge in [0.1, 0.15) is 0 Å². The molecule has 2 fully saturated rings. The smallest absolute Gasteiger partial charge is 0.306 e. The van der Waals surface area contributed by atoms with Crippen LogP contribution in [0.25, 0.3) is 0 Å². The monoisotopic (exact) mass is 210 g/mol. The lowest BCUT2D eigenvalue weighted by Crippen LogP contribution is -2.41. The van der Waals surface area contributed by atoms with E-state index in [9.17, 15) is 9.90 Å². The molecule has 0 amide bonds. The molecule has 2 aliphatic carbocycles. The summed E-state index contributed by atoms with van der Waals surface area (Å²) >= 11 is 0. The SMILES string of the molecule is CC(C(=O)O)C1C2(C)CCC(C2)C1(C)C. The lowest BCUT2D eigenvalue weighted by Gasteiger charge is -2.44. The molecule has 0 aromatic heterocycles. The Bertz CT molecular complexity index is 290. The van der Waals surface area contributed by atoms with Gasteiger partial charge < -0.3 is 5.11 Å². The Balaban J connectivity index is 2.34. The molecule has 2 rings (SSSR count). The summed E-state index contributed by atoms with van der Waals surface area (Å²) < 4.78 is 0. The second-order valence-electron chi connectivity index (χ2n) is 6.52. The van der Waals surface area contributed by atoms with Crippen LogP contribution in [0.1, 0.15) is 47.0 Å². The highest BCUT2D eigenvalue weighted by molar-refractivity contribution is 5.70. The van der Waals surface area contributed by atoms with Crippen molar-refractivity contribution in [1.82, 2.24) is 0 Å². The molecule has 0 aliphatic heterocycles. The predicted octanol–water partition coefficient (Wildman–Crippen LogP) is 3.17. The van der Waals surface area contributed by atoms with Crippen LogP contribution in [0, 0.1) is 28.6 Å². The normalized spacial score (nSPS) is 44.3. The average molecular weight is 210 g/mol. The van der Waals surface area contributed by atoms with E-state index in [0.717, 1.165) is 5.92 Å². The summed E-state index contributed by atoms with van der Waals surface area (Å²) in [5, 5.41) is 9.22. The number of carboxylic acid groups (broad SMARTS) is 1. The van der Waals surface area contributed by atoms with E-state index in [0.29, 0.717) is 5.92 Å². The van der Waals surface area contributed by atoms with Gasteiger partial charge in [-0.1, -0.05) is 27.7 Å². The zero-order valence-corrected chi connectivity index (χ0v) is 10.2. The van der Waals surface area contributed by atoms with E-state index in [-0.39, 0.29) is 16.7 Å². The average Bonchev–Trinajstić information content (AvgIpc) is 2.54. The molecule has 2 saturated carbocycles. The van der Waals surface area contributed by atoms with Gasteiger partial charge >= 0.3 is 5.97 Å². The van der Waals surface area contributed by atoms with Gasteiger partial charge in [0.15, 0.2) is 0 Å². The van der Waals surface area contributed by atoms with Gasteiger partial charge in [-0.15, -0.1) is 0 Å². The van der Waals surface area contributed by atoms with Gasteiger partial charge in [0, 0.05) is 0 Å². The van der Waals surface area contributed by atoms with Crippen molar-refractivity contribution < 1.29 is 9.90 Å². The van der Waals surface area contributed by atoms with E-state index in [1.54, 1.807) is 0 Å². The lowest BCUT2D eigenvalue weighted by molar-refractivity contribution is -0.147. The van der Waals surface area contributed by atoms with Crippen LogP contribution in [0.5, 0.6) is 0 Å². The summed E-state index contributed by atoms with van der Waals surface area (Å²) in [6.07, 6.45) is 3.76. The summed E-state index contributed by atoms with van der Waals surface area (Å²) in [5.41, 5.74) is 0.497. The third kappa shape index (κ3) is 1.33. The Hall–Kier alpha value is -0.530. The third-order valence-electron chi connectivity index (χ3n) is 5.27. The molecule has 0 aromatic rings. The van der Waals surface area contributed by atoms with Gasteiger partial charge in [-0.25, -0.2) is 0 Å². The van der Waals surface area contributed by atoms with E-state index in [2.05, 4.69) is 20.8 Å². The number of hydrogen-bond acceptors (Lipinski definition) is 1. The fourth-order valence-corrected chi connectivity index (χ4v) is 4.73.